The molecule has 2 aromatic rings. The van der Waals surface area contributed by atoms with Gasteiger partial charge in [0, 0.05) is 11.5 Å². The molecular formula is C24H27F. The highest BCUT2D eigenvalue weighted by atomic mass is 19.1. The van der Waals surface area contributed by atoms with Gasteiger partial charge in [-0.05, 0) is 68.2 Å². The van der Waals surface area contributed by atoms with Gasteiger partial charge in [0.25, 0.3) is 0 Å². The molecule has 130 valence electrons. The Kier molecular flexibility index (Phi) is 5.92. The average molecular weight is 334 g/mol. The standard InChI is InChI=1S/C24H27F/c1-3-4-23-16-11-20(17-24(23)25)8-7-19-9-14-22(15-10-19)21-12-5-18(2)6-13-21/h5-6,11-13,16-17,19,22H,3-4,9-10,14-15H2,1-2H3/t19-,22-. The van der Waals surface area contributed by atoms with Crippen molar-refractivity contribution < 1.29 is 4.39 Å². The Bertz CT molecular complexity index is 753. The summed E-state index contributed by atoms with van der Waals surface area (Å²) in [6, 6.07) is 14.4. The molecule has 0 unspecified atom stereocenters. The Hall–Kier alpha value is -2.07. The molecule has 2 aromatic carbocycles. The first kappa shape index (κ1) is 17.7. The van der Waals surface area contributed by atoms with Gasteiger partial charge in [-0.1, -0.05) is 61.1 Å². The summed E-state index contributed by atoms with van der Waals surface area (Å²) in [5.74, 6) is 7.58. The lowest BCUT2D eigenvalue weighted by atomic mass is 9.79. The largest absolute Gasteiger partial charge is 0.207 e. The minimum atomic E-state index is -0.114. The van der Waals surface area contributed by atoms with Crippen LogP contribution in [0.2, 0.25) is 0 Å². The molecule has 25 heavy (non-hydrogen) atoms. The van der Waals surface area contributed by atoms with Crippen molar-refractivity contribution in [3.63, 3.8) is 0 Å². The summed E-state index contributed by atoms with van der Waals surface area (Å²) in [4.78, 5) is 0. The maximum absolute atomic E-state index is 14.0. The van der Waals surface area contributed by atoms with E-state index in [1.165, 1.54) is 24.0 Å². The van der Waals surface area contributed by atoms with Crippen LogP contribution in [0, 0.1) is 30.5 Å². The van der Waals surface area contributed by atoms with Crippen molar-refractivity contribution in [2.24, 2.45) is 5.92 Å². The highest BCUT2D eigenvalue weighted by Crippen LogP contribution is 2.35. The summed E-state index contributed by atoms with van der Waals surface area (Å²) in [5.41, 5.74) is 4.38. The van der Waals surface area contributed by atoms with Crippen LogP contribution in [0.25, 0.3) is 0 Å². The predicted molar refractivity (Wildman–Crippen MR) is 103 cm³/mol. The molecule has 0 atom stereocenters. The molecule has 0 nitrogen and oxygen atoms in total. The van der Waals surface area contributed by atoms with Gasteiger partial charge in [-0.15, -0.1) is 0 Å². The summed E-state index contributed by atoms with van der Waals surface area (Å²) in [6.45, 7) is 4.20. The van der Waals surface area contributed by atoms with E-state index in [1.807, 2.05) is 12.1 Å². The second-order valence-electron chi connectivity index (χ2n) is 7.28. The predicted octanol–water partition coefficient (Wildman–Crippen LogP) is 6.41. The molecule has 0 heterocycles. The molecule has 0 aliphatic heterocycles. The van der Waals surface area contributed by atoms with E-state index in [4.69, 9.17) is 0 Å². The molecule has 1 aliphatic carbocycles. The third-order valence-corrected chi connectivity index (χ3v) is 5.27. The highest BCUT2D eigenvalue weighted by molar-refractivity contribution is 5.37. The zero-order chi connectivity index (χ0) is 17.6. The SMILES string of the molecule is CCCc1ccc(C#C[C@H]2CC[C@H](c3ccc(C)cc3)CC2)cc1F. The van der Waals surface area contributed by atoms with Crippen LogP contribution in [-0.4, -0.2) is 0 Å². The van der Waals surface area contributed by atoms with Crippen LogP contribution in [0.3, 0.4) is 0 Å². The minimum absolute atomic E-state index is 0.114. The summed E-state index contributed by atoms with van der Waals surface area (Å²) < 4.78 is 14.0. The Labute approximate surface area is 151 Å². The zero-order valence-corrected chi connectivity index (χ0v) is 15.3. The van der Waals surface area contributed by atoms with Crippen LogP contribution in [0.1, 0.15) is 67.2 Å². The van der Waals surface area contributed by atoms with Gasteiger partial charge < -0.3 is 0 Å². The second kappa shape index (κ2) is 8.34. The van der Waals surface area contributed by atoms with E-state index in [-0.39, 0.29) is 5.82 Å². The van der Waals surface area contributed by atoms with Crippen molar-refractivity contribution in [1.82, 2.24) is 0 Å². The van der Waals surface area contributed by atoms with E-state index in [1.54, 1.807) is 6.07 Å². The maximum atomic E-state index is 14.0. The number of hydrogen-bond acceptors (Lipinski definition) is 0. The van der Waals surface area contributed by atoms with Crippen molar-refractivity contribution in [3.05, 3.63) is 70.5 Å². The van der Waals surface area contributed by atoms with Crippen molar-refractivity contribution in [3.8, 4) is 11.8 Å². The monoisotopic (exact) mass is 334 g/mol. The fourth-order valence-corrected chi connectivity index (χ4v) is 3.69. The lowest BCUT2D eigenvalue weighted by Crippen LogP contribution is -2.12. The Morgan fingerprint density at radius 1 is 1.00 bits per heavy atom. The molecule has 0 N–H and O–H groups in total. The van der Waals surface area contributed by atoms with Gasteiger partial charge in [-0.25, -0.2) is 4.39 Å². The molecule has 0 aromatic heterocycles. The molecule has 1 heteroatoms. The topological polar surface area (TPSA) is 0 Å². The van der Waals surface area contributed by atoms with Crippen molar-refractivity contribution in [2.75, 3.05) is 0 Å². The fraction of sp³-hybridized carbons (Fsp3) is 0.417. The van der Waals surface area contributed by atoms with E-state index in [0.29, 0.717) is 11.8 Å². The van der Waals surface area contributed by atoms with Gasteiger partial charge in [0.05, 0.1) is 0 Å². The molecule has 0 amide bonds. The third kappa shape index (κ3) is 4.73. The number of rotatable bonds is 3. The number of hydrogen-bond donors (Lipinski definition) is 0. The molecule has 0 saturated heterocycles. The number of benzene rings is 2. The molecule has 1 aliphatic rings. The van der Waals surface area contributed by atoms with Gasteiger partial charge in [-0.2, -0.15) is 0 Å². The first-order valence-electron chi connectivity index (χ1n) is 9.52. The Morgan fingerprint density at radius 3 is 2.36 bits per heavy atom. The molecular weight excluding hydrogens is 307 g/mol. The van der Waals surface area contributed by atoms with Crippen LogP contribution in [0.15, 0.2) is 42.5 Å². The van der Waals surface area contributed by atoms with Gasteiger partial charge in [0.15, 0.2) is 0 Å². The average Bonchev–Trinajstić information content (AvgIpc) is 2.63. The lowest BCUT2D eigenvalue weighted by Gasteiger charge is -2.26. The van der Waals surface area contributed by atoms with Crippen LogP contribution in [0.4, 0.5) is 4.39 Å². The summed E-state index contributed by atoms with van der Waals surface area (Å²) in [7, 11) is 0. The highest BCUT2D eigenvalue weighted by Gasteiger charge is 2.21. The first-order valence-corrected chi connectivity index (χ1v) is 9.52. The molecule has 0 radical (unpaired) electrons. The lowest BCUT2D eigenvalue weighted by molar-refractivity contribution is 0.384. The van der Waals surface area contributed by atoms with Crippen LogP contribution < -0.4 is 0 Å². The second-order valence-corrected chi connectivity index (χ2v) is 7.28. The van der Waals surface area contributed by atoms with E-state index < -0.39 is 0 Å². The molecule has 0 spiro atoms. The third-order valence-electron chi connectivity index (χ3n) is 5.27. The van der Waals surface area contributed by atoms with E-state index in [2.05, 4.69) is 50.0 Å². The minimum Gasteiger partial charge on any atom is -0.207 e. The Morgan fingerprint density at radius 2 is 1.72 bits per heavy atom. The van der Waals surface area contributed by atoms with E-state index >= 15 is 0 Å². The molecule has 1 saturated carbocycles. The van der Waals surface area contributed by atoms with Crippen molar-refractivity contribution in [1.29, 1.82) is 0 Å². The van der Waals surface area contributed by atoms with Crippen LogP contribution >= 0.6 is 0 Å². The number of halogens is 1. The first-order chi connectivity index (χ1) is 12.2. The summed E-state index contributed by atoms with van der Waals surface area (Å²) in [6.07, 6.45) is 6.44. The van der Waals surface area contributed by atoms with Crippen molar-refractivity contribution in [2.45, 2.75) is 58.3 Å². The molecule has 0 bridgehead atoms. The fourth-order valence-electron chi connectivity index (χ4n) is 3.69. The normalized spacial score (nSPS) is 20.0. The van der Waals surface area contributed by atoms with E-state index in [9.17, 15) is 4.39 Å². The number of aryl methyl sites for hydroxylation is 2. The smallest absolute Gasteiger partial charge is 0.127 e. The van der Waals surface area contributed by atoms with Crippen molar-refractivity contribution >= 4 is 0 Å². The quantitative estimate of drug-likeness (QED) is 0.569. The maximum Gasteiger partial charge on any atom is 0.127 e. The summed E-state index contributed by atoms with van der Waals surface area (Å²) >= 11 is 0. The molecule has 1 fully saturated rings. The van der Waals surface area contributed by atoms with E-state index in [0.717, 1.165) is 36.8 Å². The summed E-state index contributed by atoms with van der Waals surface area (Å²) in [5, 5.41) is 0. The zero-order valence-electron chi connectivity index (χ0n) is 15.3. The molecule has 3 rings (SSSR count). The van der Waals surface area contributed by atoms with Crippen LogP contribution in [-0.2, 0) is 6.42 Å². The van der Waals surface area contributed by atoms with Gasteiger partial charge in [0.2, 0.25) is 0 Å². The van der Waals surface area contributed by atoms with Gasteiger partial charge in [0.1, 0.15) is 5.82 Å². The van der Waals surface area contributed by atoms with Gasteiger partial charge >= 0.3 is 0 Å². The Balaban J connectivity index is 1.58. The van der Waals surface area contributed by atoms with Crippen LogP contribution in [0.5, 0.6) is 0 Å². The van der Waals surface area contributed by atoms with Gasteiger partial charge in [-0.3, -0.25) is 0 Å².